The largest absolute Gasteiger partial charge is 0.459 e. The quantitative estimate of drug-likeness (QED) is 0.529. The summed E-state index contributed by atoms with van der Waals surface area (Å²) in [4.78, 5) is 41.0. The van der Waals surface area contributed by atoms with Gasteiger partial charge in [-0.15, -0.1) is 0 Å². The Bertz CT molecular complexity index is 1100. The lowest BCUT2D eigenvalue weighted by molar-refractivity contribution is -0.126. The summed E-state index contributed by atoms with van der Waals surface area (Å²) >= 11 is 0. The van der Waals surface area contributed by atoms with Crippen LogP contribution in [0.5, 0.6) is 0 Å². The number of anilines is 1. The number of carbonyl (C=O) groups is 3. The number of hydrogen-bond acceptors (Lipinski definition) is 4. The van der Waals surface area contributed by atoms with E-state index in [2.05, 4.69) is 10.6 Å². The zero-order chi connectivity index (χ0) is 23.9. The molecule has 176 valence electrons. The molecule has 2 aromatic carbocycles. The fraction of sp³-hybridized carbons (Fsp3) is 0.296. The Balaban J connectivity index is 1.65. The van der Waals surface area contributed by atoms with Crippen molar-refractivity contribution in [1.29, 1.82) is 0 Å². The van der Waals surface area contributed by atoms with E-state index in [1.54, 1.807) is 6.07 Å². The van der Waals surface area contributed by atoms with Crippen molar-refractivity contribution in [3.05, 3.63) is 89.9 Å². The predicted molar refractivity (Wildman–Crippen MR) is 129 cm³/mol. The molecule has 7 nitrogen and oxygen atoms in total. The van der Waals surface area contributed by atoms with E-state index in [0.29, 0.717) is 11.3 Å². The van der Waals surface area contributed by atoms with Crippen molar-refractivity contribution in [2.75, 3.05) is 11.4 Å². The van der Waals surface area contributed by atoms with Gasteiger partial charge in [0, 0.05) is 11.7 Å². The van der Waals surface area contributed by atoms with E-state index in [4.69, 9.17) is 4.42 Å². The lowest BCUT2D eigenvalue weighted by atomic mass is 10.0. The highest BCUT2D eigenvalue weighted by Crippen LogP contribution is 2.29. The van der Waals surface area contributed by atoms with Gasteiger partial charge in [0.05, 0.1) is 12.8 Å². The second kappa shape index (κ2) is 10.8. The number of hydrogen-bond donors (Lipinski definition) is 2. The molecular formula is C27H29N3O4. The van der Waals surface area contributed by atoms with Gasteiger partial charge in [0.2, 0.25) is 11.8 Å². The van der Waals surface area contributed by atoms with Crippen LogP contribution in [-0.2, 0) is 9.59 Å². The van der Waals surface area contributed by atoms with Crippen LogP contribution in [0.25, 0.3) is 0 Å². The fourth-order valence-electron chi connectivity index (χ4n) is 4.28. The standard InChI is InChI=1S/C27H29N3O4/c1-19-13-15-22(16-14-19)30(24(31)18-28-26(32)23-12-7-17-34-23)25(20-8-3-2-4-9-20)27(33)29-21-10-5-6-11-21/h2-4,7-9,12-17,21,25H,5-6,10-11,18H2,1H3,(H,28,32)(H,29,33)/t25-/m1/s1. The van der Waals surface area contributed by atoms with Crippen molar-refractivity contribution < 1.29 is 18.8 Å². The molecule has 0 unspecified atom stereocenters. The van der Waals surface area contributed by atoms with Crippen LogP contribution in [0, 0.1) is 6.92 Å². The van der Waals surface area contributed by atoms with Gasteiger partial charge in [-0.3, -0.25) is 19.3 Å². The summed E-state index contributed by atoms with van der Waals surface area (Å²) in [7, 11) is 0. The fourth-order valence-corrected chi connectivity index (χ4v) is 4.28. The molecule has 1 atom stereocenters. The summed E-state index contributed by atoms with van der Waals surface area (Å²) in [6, 6.07) is 19.0. The maximum absolute atomic E-state index is 13.6. The number of aryl methyl sites for hydroxylation is 1. The van der Waals surface area contributed by atoms with Crippen molar-refractivity contribution in [3.8, 4) is 0 Å². The Morgan fingerprint density at radius 3 is 2.32 bits per heavy atom. The summed E-state index contributed by atoms with van der Waals surface area (Å²) in [5.41, 5.74) is 2.32. The molecule has 0 radical (unpaired) electrons. The molecule has 1 saturated carbocycles. The first-order valence-corrected chi connectivity index (χ1v) is 11.6. The van der Waals surface area contributed by atoms with Gasteiger partial charge in [0.25, 0.3) is 5.91 Å². The van der Waals surface area contributed by atoms with Gasteiger partial charge in [-0.2, -0.15) is 0 Å². The molecule has 1 heterocycles. The van der Waals surface area contributed by atoms with Crippen LogP contribution in [0.2, 0.25) is 0 Å². The van der Waals surface area contributed by atoms with E-state index in [1.807, 2.05) is 61.5 Å². The normalized spacial score (nSPS) is 14.4. The van der Waals surface area contributed by atoms with Crippen LogP contribution in [0.1, 0.15) is 53.4 Å². The Hall–Kier alpha value is -3.87. The predicted octanol–water partition coefficient (Wildman–Crippen LogP) is 4.15. The number of nitrogens with zero attached hydrogens (tertiary/aromatic N) is 1. The Morgan fingerprint density at radius 1 is 0.971 bits per heavy atom. The summed E-state index contributed by atoms with van der Waals surface area (Å²) in [5.74, 6) is -1.01. The van der Waals surface area contributed by atoms with Gasteiger partial charge in [-0.1, -0.05) is 60.9 Å². The Kier molecular flexibility index (Phi) is 7.42. The van der Waals surface area contributed by atoms with E-state index in [-0.39, 0.29) is 24.3 Å². The topological polar surface area (TPSA) is 91.7 Å². The number of rotatable bonds is 8. The first-order valence-electron chi connectivity index (χ1n) is 11.6. The highest BCUT2D eigenvalue weighted by molar-refractivity contribution is 6.04. The molecule has 7 heteroatoms. The molecule has 0 spiro atoms. The van der Waals surface area contributed by atoms with Gasteiger partial charge < -0.3 is 15.1 Å². The molecule has 1 fully saturated rings. The van der Waals surface area contributed by atoms with Gasteiger partial charge in [0.15, 0.2) is 5.76 Å². The van der Waals surface area contributed by atoms with E-state index < -0.39 is 17.9 Å². The van der Waals surface area contributed by atoms with Crippen LogP contribution >= 0.6 is 0 Å². The van der Waals surface area contributed by atoms with Crippen LogP contribution in [0.4, 0.5) is 5.69 Å². The van der Waals surface area contributed by atoms with E-state index in [9.17, 15) is 14.4 Å². The summed E-state index contributed by atoms with van der Waals surface area (Å²) in [6.07, 6.45) is 5.44. The summed E-state index contributed by atoms with van der Waals surface area (Å²) in [6.45, 7) is 1.68. The average molecular weight is 460 g/mol. The second-order valence-corrected chi connectivity index (χ2v) is 8.56. The minimum atomic E-state index is -0.877. The SMILES string of the molecule is Cc1ccc(N(C(=O)CNC(=O)c2ccco2)[C@@H](C(=O)NC2CCCC2)c2ccccc2)cc1. The third-order valence-electron chi connectivity index (χ3n) is 6.05. The molecular weight excluding hydrogens is 430 g/mol. The van der Waals surface area contributed by atoms with Crippen molar-refractivity contribution in [2.24, 2.45) is 0 Å². The zero-order valence-electron chi connectivity index (χ0n) is 19.2. The second-order valence-electron chi connectivity index (χ2n) is 8.56. The summed E-state index contributed by atoms with van der Waals surface area (Å²) in [5, 5.41) is 5.76. The highest BCUT2D eigenvalue weighted by atomic mass is 16.3. The van der Waals surface area contributed by atoms with Gasteiger partial charge in [-0.05, 0) is 49.6 Å². The Labute approximate surface area is 199 Å². The van der Waals surface area contributed by atoms with Crippen molar-refractivity contribution in [3.63, 3.8) is 0 Å². The minimum absolute atomic E-state index is 0.104. The van der Waals surface area contributed by atoms with E-state index >= 15 is 0 Å². The molecule has 4 rings (SSSR count). The lowest BCUT2D eigenvalue weighted by Gasteiger charge is -2.32. The number of nitrogens with one attached hydrogen (secondary N) is 2. The van der Waals surface area contributed by atoms with Crippen LogP contribution in [0.15, 0.2) is 77.4 Å². The smallest absolute Gasteiger partial charge is 0.287 e. The molecule has 1 aliphatic rings. The molecule has 34 heavy (non-hydrogen) atoms. The van der Waals surface area contributed by atoms with Crippen molar-refractivity contribution in [2.45, 2.75) is 44.7 Å². The van der Waals surface area contributed by atoms with Gasteiger partial charge in [0.1, 0.15) is 6.04 Å². The minimum Gasteiger partial charge on any atom is -0.459 e. The van der Waals surface area contributed by atoms with Crippen molar-refractivity contribution >= 4 is 23.4 Å². The molecule has 2 N–H and O–H groups in total. The summed E-state index contributed by atoms with van der Waals surface area (Å²) < 4.78 is 5.11. The monoisotopic (exact) mass is 459 g/mol. The highest BCUT2D eigenvalue weighted by Gasteiger charge is 2.34. The molecule has 1 aromatic heterocycles. The van der Waals surface area contributed by atoms with E-state index in [0.717, 1.165) is 31.2 Å². The van der Waals surface area contributed by atoms with Gasteiger partial charge >= 0.3 is 0 Å². The average Bonchev–Trinajstić information content (AvgIpc) is 3.57. The van der Waals surface area contributed by atoms with Crippen LogP contribution in [0.3, 0.4) is 0 Å². The molecule has 0 aliphatic heterocycles. The molecule has 3 aromatic rings. The molecule has 0 saturated heterocycles. The first kappa shape index (κ1) is 23.3. The third kappa shape index (κ3) is 5.54. The molecule has 0 bridgehead atoms. The maximum atomic E-state index is 13.6. The maximum Gasteiger partial charge on any atom is 0.287 e. The lowest BCUT2D eigenvalue weighted by Crippen LogP contribution is -2.49. The van der Waals surface area contributed by atoms with Crippen LogP contribution < -0.4 is 15.5 Å². The van der Waals surface area contributed by atoms with Gasteiger partial charge in [-0.25, -0.2) is 0 Å². The van der Waals surface area contributed by atoms with Crippen molar-refractivity contribution in [1.82, 2.24) is 10.6 Å². The Morgan fingerprint density at radius 2 is 1.68 bits per heavy atom. The third-order valence-corrected chi connectivity index (χ3v) is 6.05. The zero-order valence-corrected chi connectivity index (χ0v) is 19.2. The van der Waals surface area contributed by atoms with Crippen LogP contribution in [-0.4, -0.2) is 30.3 Å². The molecule has 3 amide bonds. The number of carbonyl (C=O) groups excluding carboxylic acids is 3. The molecule has 1 aliphatic carbocycles. The number of furan rings is 1. The first-order chi connectivity index (χ1) is 16.5. The van der Waals surface area contributed by atoms with E-state index in [1.165, 1.54) is 17.2 Å². The number of benzene rings is 2. The number of amides is 3.